The maximum Gasteiger partial charge on any atom is 0.214 e. The second-order valence-electron chi connectivity index (χ2n) is 6.26. The third kappa shape index (κ3) is 3.26. The lowest BCUT2D eigenvalue weighted by molar-refractivity contribution is 0.274. The van der Waals surface area contributed by atoms with Crippen LogP contribution in [0.15, 0.2) is 36.9 Å². The topological polar surface area (TPSA) is 55.2 Å². The van der Waals surface area contributed by atoms with Gasteiger partial charge in [-0.25, -0.2) is 17.7 Å². The number of sulfonamides is 1. The first-order valence-electron chi connectivity index (χ1n) is 8.61. The van der Waals surface area contributed by atoms with E-state index in [1.54, 1.807) is 10.4 Å². The first kappa shape index (κ1) is 17.2. The van der Waals surface area contributed by atoms with Crippen molar-refractivity contribution in [3.8, 4) is 0 Å². The van der Waals surface area contributed by atoms with Crippen LogP contribution in [0.5, 0.6) is 0 Å². The van der Waals surface area contributed by atoms with Gasteiger partial charge in [-0.1, -0.05) is 25.1 Å². The Labute approximate surface area is 144 Å². The normalized spacial score (nSPS) is 17.4. The number of imidazole rings is 1. The van der Waals surface area contributed by atoms with Gasteiger partial charge in [-0.2, -0.15) is 0 Å². The van der Waals surface area contributed by atoms with E-state index in [0.717, 1.165) is 36.1 Å². The van der Waals surface area contributed by atoms with Crippen LogP contribution < -0.4 is 0 Å². The number of piperidine rings is 1. The molecule has 1 fully saturated rings. The van der Waals surface area contributed by atoms with Gasteiger partial charge in [-0.15, -0.1) is 6.58 Å². The summed E-state index contributed by atoms with van der Waals surface area (Å²) >= 11 is 0. The molecule has 0 saturated carbocycles. The van der Waals surface area contributed by atoms with E-state index < -0.39 is 10.0 Å². The largest absolute Gasteiger partial charge is 0.325 e. The van der Waals surface area contributed by atoms with E-state index in [0.29, 0.717) is 25.6 Å². The molecule has 1 aliphatic rings. The van der Waals surface area contributed by atoms with E-state index in [-0.39, 0.29) is 5.75 Å². The van der Waals surface area contributed by atoms with Gasteiger partial charge in [0.1, 0.15) is 5.82 Å². The van der Waals surface area contributed by atoms with E-state index in [1.165, 1.54) is 0 Å². The van der Waals surface area contributed by atoms with Crippen molar-refractivity contribution in [1.82, 2.24) is 13.9 Å². The molecule has 1 aliphatic heterocycles. The van der Waals surface area contributed by atoms with Crippen molar-refractivity contribution < 1.29 is 8.42 Å². The number of fused-ring (bicyclic) bond motifs is 1. The van der Waals surface area contributed by atoms with Gasteiger partial charge in [0.2, 0.25) is 10.0 Å². The van der Waals surface area contributed by atoms with Gasteiger partial charge in [0.05, 0.1) is 16.8 Å². The van der Waals surface area contributed by atoms with E-state index >= 15 is 0 Å². The Morgan fingerprint density at radius 3 is 2.67 bits per heavy atom. The monoisotopic (exact) mass is 347 g/mol. The molecule has 130 valence electrons. The molecule has 0 aliphatic carbocycles. The maximum atomic E-state index is 12.3. The number of benzene rings is 1. The highest BCUT2D eigenvalue weighted by molar-refractivity contribution is 7.89. The summed E-state index contributed by atoms with van der Waals surface area (Å²) in [5, 5.41) is 0. The summed E-state index contributed by atoms with van der Waals surface area (Å²) in [4.78, 5) is 4.73. The number of nitrogens with zero attached hydrogens (tertiary/aromatic N) is 3. The molecule has 0 N–H and O–H groups in total. The average Bonchev–Trinajstić information content (AvgIpc) is 2.98. The van der Waals surface area contributed by atoms with Gasteiger partial charge in [-0.05, 0) is 31.4 Å². The number of aromatic nitrogens is 2. The first-order valence-corrected chi connectivity index (χ1v) is 10.2. The fourth-order valence-corrected chi connectivity index (χ4v) is 4.98. The van der Waals surface area contributed by atoms with Crippen LogP contribution in [0.25, 0.3) is 11.0 Å². The van der Waals surface area contributed by atoms with E-state index in [4.69, 9.17) is 4.98 Å². The van der Waals surface area contributed by atoms with Crippen molar-refractivity contribution in [3.05, 3.63) is 42.7 Å². The Morgan fingerprint density at radius 1 is 1.29 bits per heavy atom. The molecule has 24 heavy (non-hydrogen) atoms. The SMILES string of the molecule is C=CCCS(=O)(=O)N1CCC(n2c(CC)nc3ccccc32)CC1. The molecule has 0 radical (unpaired) electrons. The van der Waals surface area contributed by atoms with E-state index in [1.807, 2.05) is 18.2 Å². The van der Waals surface area contributed by atoms with Crippen LogP contribution in [0.4, 0.5) is 0 Å². The molecular weight excluding hydrogens is 322 g/mol. The highest BCUT2D eigenvalue weighted by Gasteiger charge is 2.29. The minimum absolute atomic E-state index is 0.162. The Hall–Kier alpha value is -1.66. The minimum Gasteiger partial charge on any atom is -0.325 e. The second-order valence-corrected chi connectivity index (χ2v) is 8.35. The van der Waals surface area contributed by atoms with Crippen LogP contribution in [0.1, 0.15) is 38.1 Å². The summed E-state index contributed by atoms with van der Waals surface area (Å²) in [6.45, 7) is 6.89. The zero-order chi connectivity index (χ0) is 17.2. The molecule has 1 aromatic heterocycles. The third-order valence-electron chi connectivity index (χ3n) is 4.75. The zero-order valence-corrected chi connectivity index (χ0v) is 15.0. The Bertz CT molecular complexity index is 818. The third-order valence-corrected chi connectivity index (χ3v) is 6.65. The molecule has 2 aromatic rings. The van der Waals surface area contributed by atoms with Gasteiger partial charge in [0.15, 0.2) is 0 Å². The second kappa shape index (κ2) is 7.07. The Balaban J connectivity index is 1.79. The summed E-state index contributed by atoms with van der Waals surface area (Å²) in [6.07, 6.45) is 4.72. The first-order chi connectivity index (χ1) is 11.6. The summed E-state index contributed by atoms with van der Waals surface area (Å²) in [6, 6.07) is 8.51. The van der Waals surface area contributed by atoms with E-state index in [9.17, 15) is 8.42 Å². The molecule has 3 rings (SSSR count). The Morgan fingerprint density at radius 2 is 2.00 bits per heavy atom. The molecule has 2 heterocycles. The van der Waals surface area contributed by atoms with Crippen molar-refractivity contribution in [3.63, 3.8) is 0 Å². The van der Waals surface area contributed by atoms with Crippen molar-refractivity contribution >= 4 is 21.1 Å². The van der Waals surface area contributed by atoms with Gasteiger partial charge >= 0.3 is 0 Å². The zero-order valence-electron chi connectivity index (χ0n) is 14.2. The number of hydrogen-bond donors (Lipinski definition) is 0. The van der Waals surface area contributed by atoms with Crippen LogP contribution in [0.2, 0.25) is 0 Å². The molecule has 0 unspecified atom stereocenters. The lowest BCUT2D eigenvalue weighted by atomic mass is 10.1. The predicted octanol–water partition coefficient (Wildman–Crippen LogP) is 3.14. The van der Waals surface area contributed by atoms with Crippen molar-refractivity contribution in [2.45, 2.75) is 38.6 Å². The van der Waals surface area contributed by atoms with Crippen LogP contribution in [0, 0.1) is 0 Å². The summed E-state index contributed by atoms with van der Waals surface area (Å²) < 4.78 is 28.6. The molecule has 1 aromatic carbocycles. The van der Waals surface area contributed by atoms with Gasteiger partial charge in [0.25, 0.3) is 0 Å². The van der Waals surface area contributed by atoms with Gasteiger partial charge in [0, 0.05) is 25.6 Å². The lowest BCUT2D eigenvalue weighted by Crippen LogP contribution is -2.40. The number of rotatable bonds is 6. The molecule has 0 amide bonds. The van der Waals surface area contributed by atoms with Gasteiger partial charge in [-0.3, -0.25) is 0 Å². The number of allylic oxidation sites excluding steroid dienone is 1. The van der Waals surface area contributed by atoms with Crippen molar-refractivity contribution in [1.29, 1.82) is 0 Å². The van der Waals surface area contributed by atoms with Crippen LogP contribution in [0.3, 0.4) is 0 Å². The van der Waals surface area contributed by atoms with Crippen LogP contribution in [-0.4, -0.2) is 41.1 Å². The predicted molar refractivity (Wildman–Crippen MR) is 97.6 cm³/mol. The molecule has 0 spiro atoms. The van der Waals surface area contributed by atoms with Gasteiger partial charge < -0.3 is 4.57 Å². The highest BCUT2D eigenvalue weighted by atomic mass is 32.2. The summed E-state index contributed by atoms with van der Waals surface area (Å²) in [5.41, 5.74) is 2.18. The van der Waals surface area contributed by atoms with Crippen molar-refractivity contribution in [2.24, 2.45) is 0 Å². The average molecular weight is 347 g/mol. The standard InChI is InChI=1S/C18H25N3O2S/c1-3-5-14-24(22,23)20-12-10-15(11-13-20)21-17-9-7-6-8-16(17)19-18(21)4-2/h3,6-9,15H,1,4-5,10-14H2,2H3. The number of para-hydroxylation sites is 2. The summed E-state index contributed by atoms with van der Waals surface area (Å²) in [5.74, 6) is 1.25. The Kier molecular flexibility index (Phi) is 5.06. The fraction of sp³-hybridized carbons (Fsp3) is 0.500. The smallest absolute Gasteiger partial charge is 0.214 e. The van der Waals surface area contributed by atoms with Crippen molar-refractivity contribution in [2.75, 3.05) is 18.8 Å². The molecule has 5 nitrogen and oxygen atoms in total. The number of aryl methyl sites for hydroxylation is 1. The molecule has 1 saturated heterocycles. The molecular formula is C18H25N3O2S. The molecule has 0 atom stereocenters. The number of hydrogen-bond acceptors (Lipinski definition) is 3. The minimum atomic E-state index is -3.16. The van der Waals surface area contributed by atoms with E-state index in [2.05, 4.69) is 24.1 Å². The molecule has 6 heteroatoms. The lowest BCUT2D eigenvalue weighted by Gasteiger charge is -2.32. The summed E-state index contributed by atoms with van der Waals surface area (Å²) in [7, 11) is -3.16. The highest BCUT2D eigenvalue weighted by Crippen LogP contribution is 2.30. The van der Waals surface area contributed by atoms with Crippen LogP contribution >= 0.6 is 0 Å². The van der Waals surface area contributed by atoms with Crippen LogP contribution in [-0.2, 0) is 16.4 Å². The maximum absolute atomic E-state index is 12.3. The molecule has 0 bridgehead atoms. The quantitative estimate of drug-likeness (QED) is 0.754. The fourth-order valence-electron chi connectivity index (χ4n) is 3.49.